The number of hydrogen-bond donors (Lipinski definition) is 1. The maximum Gasteiger partial charge on any atom is 0.341 e. The van der Waals surface area contributed by atoms with Crippen LogP contribution in [0.4, 0.5) is 0 Å². The zero-order chi connectivity index (χ0) is 14.3. The van der Waals surface area contributed by atoms with Crippen LogP contribution in [0, 0.1) is 5.41 Å². The molecule has 0 aliphatic rings. The quantitative estimate of drug-likeness (QED) is 0.567. The summed E-state index contributed by atoms with van der Waals surface area (Å²) in [7, 11) is 0. The summed E-state index contributed by atoms with van der Waals surface area (Å²) in [5, 5.41) is 8.30. The zero-order valence-corrected chi connectivity index (χ0v) is 10.8. The summed E-state index contributed by atoms with van der Waals surface area (Å²) in [6.45, 7) is 8.52. The summed E-state index contributed by atoms with van der Waals surface area (Å²) in [6, 6.07) is 0. The minimum absolute atomic E-state index is 0.129. The molecule has 0 bridgehead atoms. The highest BCUT2D eigenvalue weighted by atomic mass is 16.6. The van der Waals surface area contributed by atoms with Gasteiger partial charge in [-0.1, -0.05) is 27.4 Å². The number of hydrogen-bond acceptors (Lipinski definition) is 5. The average molecular weight is 258 g/mol. The van der Waals surface area contributed by atoms with Crippen LogP contribution >= 0.6 is 0 Å². The Labute approximate surface area is 106 Å². The minimum Gasteiger partial charge on any atom is -0.479 e. The monoisotopic (exact) mass is 258 g/mol. The Kier molecular flexibility index (Phi) is 6.08. The van der Waals surface area contributed by atoms with Crippen LogP contribution in [0.25, 0.3) is 0 Å². The third kappa shape index (κ3) is 8.32. The molecular weight excluding hydrogens is 240 g/mol. The van der Waals surface area contributed by atoms with Crippen LogP contribution in [-0.2, 0) is 23.9 Å². The second-order valence-electron chi connectivity index (χ2n) is 4.97. The normalized spacial score (nSPS) is 10.6. The van der Waals surface area contributed by atoms with Crippen LogP contribution in [0.15, 0.2) is 12.2 Å². The molecule has 0 aromatic heterocycles. The Balaban J connectivity index is 4.04. The maximum absolute atomic E-state index is 11.3. The van der Waals surface area contributed by atoms with Crippen molar-refractivity contribution in [1.29, 1.82) is 0 Å². The fraction of sp³-hybridized carbons (Fsp3) is 0.583. The van der Waals surface area contributed by atoms with E-state index in [-0.39, 0.29) is 24.0 Å². The largest absolute Gasteiger partial charge is 0.479 e. The summed E-state index contributed by atoms with van der Waals surface area (Å²) in [5.41, 5.74) is -0.295. The van der Waals surface area contributed by atoms with Crippen LogP contribution < -0.4 is 0 Å². The fourth-order valence-corrected chi connectivity index (χ4v) is 0.824. The predicted molar refractivity (Wildman–Crippen MR) is 62.8 cm³/mol. The van der Waals surface area contributed by atoms with Crippen molar-refractivity contribution >= 4 is 17.9 Å². The summed E-state index contributed by atoms with van der Waals surface area (Å²) < 4.78 is 9.29. The highest BCUT2D eigenvalue weighted by Gasteiger charge is 2.18. The van der Waals surface area contributed by atoms with Gasteiger partial charge in [-0.2, -0.15) is 0 Å². The standard InChI is InChI=1S/C12H18O6/c1-8(11(16)17-6-9(13)14)5-10(15)18-7-12(2,3)4/h1,5-7H2,2-4H3,(H,13,14). The van der Waals surface area contributed by atoms with E-state index in [2.05, 4.69) is 11.3 Å². The lowest BCUT2D eigenvalue weighted by Crippen LogP contribution is -2.20. The first-order chi connectivity index (χ1) is 8.11. The van der Waals surface area contributed by atoms with Gasteiger partial charge < -0.3 is 14.6 Å². The van der Waals surface area contributed by atoms with Crippen LogP contribution in [0.5, 0.6) is 0 Å². The molecule has 18 heavy (non-hydrogen) atoms. The van der Waals surface area contributed by atoms with Crippen LogP contribution in [0.1, 0.15) is 27.2 Å². The molecule has 0 saturated carbocycles. The van der Waals surface area contributed by atoms with Crippen LogP contribution in [0.3, 0.4) is 0 Å². The Bertz CT molecular complexity index is 350. The van der Waals surface area contributed by atoms with Gasteiger partial charge in [-0.15, -0.1) is 0 Å². The second kappa shape index (κ2) is 6.78. The van der Waals surface area contributed by atoms with Gasteiger partial charge in [0.25, 0.3) is 0 Å². The van der Waals surface area contributed by atoms with Crippen molar-refractivity contribution in [2.45, 2.75) is 27.2 Å². The van der Waals surface area contributed by atoms with E-state index in [0.29, 0.717) is 0 Å². The maximum atomic E-state index is 11.3. The topological polar surface area (TPSA) is 89.9 Å². The van der Waals surface area contributed by atoms with Gasteiger partial charge in [0.15, 0.2) is 6.61 Å². The molecule has 0 spiro atoms. The molecule has 1 N–H and O–H groups in total. The lowest BCUT2D eigenvalue weighted by Gasteiger charge is -2.17. The third-order valence-corrected chi connectivity index (χ3v) is 1.64. The van der Waals surface area contributed by atoms with E-state index in [0.717, 1.165) is 0 Å². The van der Waals surface area contributed by atoms with Gasteiger partial charge in [-0.05, 0) is 5.41 Å². The number of aliphatic carboxylic acids is 1. The molecule has 0 aromatic rings. The van der Waals surface area contributed by atoms with Crippen molar-refractivity contribution in [2.75, 3.05) is 13.2 Å². The smallest absolute Gasteiger partial charge is 0.341 e. The average Bonchev–Trinajstić information content (AvgIpc) is 2.21. The predicted octanol–water partition coefficient (Wildman–Crippen LogP) is 1.15. The van der Waals surface area contributed by atoms with Gasteiger partial charge in [-0.25, -0.2) is 9.59 Å². The van der Waals surface area contributed by atoms with E-state index < -0.39 is 24.5 Å². The summed E-state index contributed by atoms with van der Waals surface area (Å²) in [6.07, 6.45) is -0.311. The van der Waals surface area contributed by atoms with E-state index in [1.54, 1.807) is 0 Å². The molecule has 0 heterocycles. The second-order valence-corrected chi connectivity index (χ2v) is 4.97. The first-order valence-corrected chi connectivity index (χ1v) is 5.34. The number of ether oxygens (including phenoxy) is 2. The Morgan fingerprint density at radius 3 is 2.17 bits per heavy atom. The van der Waals surface area contributed by atoms with Crippen molar-refractivity contribution in [3.8, 4) is 0 Å². The van der Waals surface area contributed by atoms with Crippen molar-refractivity contribution in [3.05, 3.63) is 12.2 Å². The summed E-state index contributed by atoms with van der Waals surface area (Å²) >= 11 is 0. The van der Waals surface area contributed by atoms with Crippen LogP contribution in [-0.4, -0.2) is 36.2 Å². The molecule has 102 valence electrons. The number of carboxylic acid groups (broad SMARTS) is 1. The lowest BCUT2D eigenvalue weighted by molar-refractivity contribution is -0.153. The van der Waals surface area contributed by atoms with Crippen molar-refractivity contribution < 1.29 is 29.0 Å². The van der Waals surface area contributed by atoms with Crippen LogP contribution in [0.2, 0.25) is 0 Å². The minimum atomic E-state index is -1.27. The molecule has 0 unspecified atom stereocenters. The first kappa shape index (κ1) is 16.1. The Morgan fingerprint density at radius 2 is 1.72 bits per heavy atom. The van der Waals surface area contributed by atoms with E-state index in [1.807, 2.05) is 20.8 Å². The zero-order valence-electron chi connectivity index (χ0n) is 10.8. The van der Waals surface area contributed by atoms with Gasteiger partial charge in [0.05, 0.1) is 13.0 Å². The number of carbonyl (C=O) groups excluding carboxylic acids is 2. The number of carboxylic acids is 1. The Morgan fingerprint density at radius 1 is 1.17 bits per heavy atom. The molecule has 0 atom stereocenters. The number of rotatable bonds is 6. The van der Waals surface area contributed by atoms with Gasteiger partial charge in [-0.3, -0.25) is 4.79 Å². The molecule has 0 amide bonds. The van der Waals surface area contributed by atoms with Crippen molar-refractivity contribution in [1.82, 2.24) is 0 Å². The molecule has 0 aliphatic heterocycles. The van der Waals surface area contributed by atoms with Crippen molar-refractivity contribution in [3.63, 3.8) is 0 Å². The molecule has 6 heteroatoms. The molecule has 0 saturated heterocycles. The van der Waals surface area contributed by atoms with Crippen molar-refractivity contribution in [2.24, 2.45) is 5.41 Å². The summed E-state index contributed by atoms with van der Waals surface area (Å²) in [4.78, 5) is 32.7. The molecule has 6 nitrogen and oxygen atoms in total. The Hall–Kier alpha value is -1.85. The van der Waals surface area contributed by atoms with E-state index in [1.165, 1.54) is 0 Å². The van der Waals surface area contributed by atoms with Gasteiger partial charge in [0.1, 0.15) is 0 Å². The molecule has 0 aromatic carbocycles. The summed E-state index contributed by atoms with van der Waals surface area (Å²) in [5.74, 6) is -2.78. The molecule has 0 rings (SSSR count). The molecule has 0 fully saturated rings. The highest BCUT2D eigenvalue weighted by Crippen LogP contribution is 2.14. The first-order valence-electron chi connectivity index (χ1n) is 5.34. The lowest BCUT2D eigenvalue weighted by atomic mass is 9.99. The third-order valence-electron chi connectivity index (χ3n) is 1.64. The molecule has 0 aliphatic carbocycles. The number of carbonyl (C=O) groups is 3. The molecule has 0 radical (unpaired) electrons. The SMILES string of the molecule is C=C(CC(=O)OCC(C)(C)C)C(=O)OCC(=O)O. The van der Waals surface area contributed by atoms with Gasteiger partial charge >= 0.3 is 17.9 Å². The van der Waals surface area contributed by atoms with E-state index in [4.69, 9.17) is 9.84 Å². The van der Waals surface area contributed by atoms with E-state index in [9.17, 15) is 14.4 Å². The van der Waals surface area contributed by atoms with Gasteiger partial charge in [0.2, 0.25) is 0 Å². The highest BCUT2D eigenvalue weighted by molar-refractivity contribution is 5.94. The molecular formula is C12H18O6. The number of esters is 2. The fourth-order valence-electron chi connectivity index (χ4n) is 0.824. The van der Waals surface area contributed by atoms with Gasteiger partial charge in [0, 0.05) is 5.57 Å². The van der Waals surface area contributed by atoms with E-state index >= 15 is 0 Å².